The topological polar surface area (TPSA) is 94.6 Å². The lowest BCUT2D eigenvalue weighted by Crippen LogP contribution is -2.26. The molecule has 2 aromatic carbocycles. The zero-order valence-corrected chi connectivity index (χ0v) is 21.2. The molecular formula is C29H23F3N2O5. The second-order valence-electron chi connectivity index (χ2n) is 8.66. The SMILES string of the molecule is COC1=C(OC)C(=O)C(Cc2ccc(C(=O)Nc3ccc(C(F)(F)F)cc3)c(-c3cccnc3)c2)=C(C)C1=O. The Balaban J connectivity index is 1.68. The number of allylic oxidation sites excluding steroid dienone is 2. The molecule has 1 N–H and O–H groups in total. The van der Waals surface area contributed by atoms with Crippen LogP contribution in [0.25, 0.3) is 11.1 Å². The van der Waals surface area contributed by atoms with Crippen molar-refractivity contribution in [1.82, 2.24) is 4.98 Å². The van der Waals surface area contributed by atoms with Gasteiger partial charge in [0.25, 0.3) is 5.91 Å². The number of anilines is 1. The van der Waals surface area contributed by atoms with Gasteiger partial charge in [0.05, 0.1) is 19.8 Å². The normalized spacial score (nSPS) is 14.0. The molecule has 0 aliphatic heterocycles. The van der Waals surface area contributed by atoms with Crippen LogP contribution < -0.4 is 5.32 Å². The number of rotatable bonds is 7. The first kappa shape index (κ1) is 27.3. The Bertz CT molecular complexity index is 1510. The predicted molar refractivity (Wildman–Crippen MR) is 137 cm³/mol. The summed E-state index contributed by atoms with van der Waals surface area (Å²) in [6, 6.07) is 12.5. The van der Waals surface area contributed by atoms with E-state index in [1.807, 2.05) is 0 Å². The van der Waals surface area contributed by atoms with Gasteiger partial charge in [-0.15, -0.1) is 0 Å². The number of amides is 1. The van der Waals surface area contributed by atoms with E-state index in [2.05, 4.69) is 10.3 Å². The summed E-state index contributed by atoms with van der Waals surface area (Å²) in [5.41, 5.74) is 1.78. The molecular weight excluding hydrogens is 513 g/mol. The molecule has 1 heterocycles. The number of halogens is 3. The maximum absolute atomic E-state index is 13.2. The number of hydrogen-bond donors (Lipinski definition) is 1. The molecule has 0 atom stereocenters. The van der Waals surface area contributed by atoms with Crippen molar-refractivity contribution in [3.8, 4) is 11.1 Å². The number of ether oxygens (including phenoxy) is 2. The lowest BCUT2D eigenvalue weighted by atomic mass is 9.87. The molecule has 1 amide bonds. The van der Waals surface area contributed by atoms with Crippen molar-refractivity contribution >= 4 is 23.2 Å². The molecule has 7 nitrogen and oxygen atoms in total. The van der Waals surface area contributed by atoms with Crippen LogP contribution in [-0.4, -0.2) is 36.7 Å². The Morgan fingerprint density at radius 1 is 0.949 bits per heavy atom. The number of aromatic nitrogens is 1. The van der Waals surface area contributed by atoms with E-state index in [1.165, 1.54) is 33.3 Å². The molecule has 1 aliphatic rings. The van der Waals surface area contributed by atoms with Crippen molar-refractivity contribution in [3.63, 3.8) is 0 Å². The summed E-state index contributed by atoms with van der Waals surface area (Å²) in [6.07, 6.45) is -1.28. The maximum atomic E-state index is 13.2. The van der Waals surface area contributed by atoms with E-state index in [1.54, 1.807) is 42.7 Å². The van der Waals surface area contributed by atoms with Gasteiger partial charge in [-0.25, -0.2) is 0 Å². The van der Waals surface area contributed by atoms with Crippen LogP contribution in [-0.2, 0) is 31.7 Å². The molecule has 0 saturated carbocycles. The van der Waals surface area contributed by atoms with Crippen molar-refractivity contribution in [1.29, 1.82) is 0 Å². The molecule has 0 radical (unpaired) electrons. The van der Waals surface area contributed by atoms with Crippen molar-refractivity contribution in [2.24, 2.45) is 0 Å². The molecule has 1 aliphatic carbocycles. The second-order valence-corrected chi connectivity index (χ2v) is 8.66. The number of alkyl halides is 3. The van der Waals surface area contributed by atoms with Crippen LogP contribution in [0.3, 0.4) is 0 Å². The molecule has 200 valence electrons. The third-order valence-corrected chi connectivity index (χ3v) is 6.25. The highest BCUT2D eigenvalue weighted by Crippen LogP contribution is 2.32. The Morgan fingerprint density at radius 2 is 1.62 bits per heavy atom. The number of carbonyl (C=O) groups excluding carboxylic acids is 3. The van der Waals surface area contributed by atoms with Crippen LogP contribution >= 0.6 is 0 Å². The van der Waals surface area contributed by atoms with Gasteiger partial charge in [-0.2, -0.15) is 13.2 Å². The van der Waals surface area contributed by atoms with Crippen molar-refractivity contribution in [2.75, 3.05) is 19.5 Å². The minimum atomic E-state index is -4.49. The summed E-state index contributed by atoms with van der Waals surface area (Å²) in [5, 5.41) is 2.62. The lowest BCUT2D eigenvalue weighted by Gasteiger charge is -2.21. The standard InChI is InChI=1S/C29H23F3N2O5/c1-16-22(25(36)27(39-3)26(38-2)24(16)35)13-17-6-11-21(23(14-17)18-5-4-12-33-15-18)28(37)34-20-9-7-19(8-10-20)29(30,31)32/h4-12,14-15H,13H2,1-3H3,(H,34,37). The number of Topliss-reactive ketones (excluding diaryl/α,β-unsaturated/α-hetero) is 2. The monoisotopic (exact) mass is 536 g/mol. The predicted octanol–water partition coefficient (Wildman–Crippen LogP) is 5.53. The molecule has 39 heavy (non-hydrogen) atoms. The van der Waals surface area contributed by atoms with Gasteiger partial charge in [-0.3, -0.25) is 19.4 Å². The smallest absolute Gasteiger partial charge is 0.416 e. The first-order chi connectivity index (χ1) is 18.5. The molecule has 0 saturated heterocycles. The molecule has 1 aromatic heterocycles. The molecule has 0 bridgehead atoms. The molecule has 0 fully saturated rings. The number of ketones is 2. The van der Waals surface area contributed by atoms with E-state index in [0.717, 1.165) is 12.1 Å². The third-order valence-electron chi connectivity index (χ3n) is 6.25. The van der Waals surface area contributed by atoms with Crippen molar-refractivity contribution < 1.29 is 37.0 Å². The first-order valence-corrected chi connectivity index (χ1v) is 11.7. The Morgan fingerprint density at radius 3 is 2.21 bits per heavy atom. The number of hydrogen-bond acceptors (Lipinski definition) is 6. The minimum absolute atomic E-state index is 0.0777. The summed E-state index contributed by atoms with van der Waals surface area (Å²) in [4.78, 5) is 43.1. The van der Waals surface area contributed by atoms with E-state index in [-0.39, 0.29) is 40.3 Å². The zero-order chi connectivity index (χ0) is 28.3. The van der Waals surface area contributed by atoms with Crippen LogP contribution in [0.15, 0.2) is 89.7 Å². The number of benzene rings is 2. The van der Waals surface area contributed by atoms with Crippen molar-refractivity contribution in [2.45, 2.75) is 19.5 Å². The second kappa shape index (κ2) is 10.9. The number of nitrogens with zero attached hydrogens (tertiary/aromatic N) is 1. The lowest BCUT2D eigenvalue weighted by molar-refractivity contribution is -0.137. The fourth-order valence-corrected chi connectivity index (χ4v) is 4.21. The van der Waals surface area contributed by atoms with Crippen LogP contribution in [0.5, 0.6) is 0 Å². The molecule has 0 unspecified atom stereocenters. The maximum Gasteiger partial charge on any atom is 0.416 e. The fraction of sp³-hybridized carbons (Fsp3) is 0.172. The molecule has 10 heteroatoms. The summed E-state index contributed by atoms with van der Waals surface area (Å²) >= 11 is 0. The minimum Gasteiger partial charge on any atom is -0.489 e. The van der Waals surface area contributed by atoms with Crippen LogP contribution in [0, 0.1) is 0 Å². The zero-order valence-electron chi connectivity index (χ0n) is 21.2. The summed E-state index contributed by atoms with van der Waals surface area (Å²) in [6.45, 7) is 1.54. The van der Waals surface area contributed by atoms with E-state index in [4.69, 9.17) is 9.47 Å². The van der Waals surface area contributed by atoms with Crippen molar-refractivity contribution in [3.05, 3.63) is 106 Å². The third kappa shape index (κ3) is 5.59. The van der Waals surface area contributed by atoms with E-state index >= 15 is 0 Å². The fourth-order valence-electron chi connectivity index (χ4n) is 4.21. The Labute approximate surface area is 222 Å². The summed E-state index contributed by atoms with van der Waals surface area (Å²) in [7, 11) is 2.56. The first-order valence-electron chi connectivity index (χ1n) is 11.7. The van der Waals surface area contributed by atoms with Gasteiger partial charge in [-0.05, 0) is 60.5 Å². The average Bonchev–Trinajstić information content (AvgIpc) is 2.93. The van der Waals surface area contributed by atoms with E-state index < -0.39 is 29.2 Å². The van der Waals surface area contributed by atoms with Gasteiger partial charge in [0, 0.05) is 46.8 Å². The van der Waals surface area contributed by atoms with Gasteiger partial charge in [0.2, 0.25) is 23.1 Å². The summed E-state index contributed by atoms with van der Waals surface area (Å²) in [5.74, 6) is -1.81. The number of methoxy groups -OCH3 is 2. The molecule has 4 rings (SSSR count). The van der Waals surface area contributed by atoms with Crippen LogP contribution in [0.1, 0.15) is 28.4 Å². The Hall–Kier alpha value is -4.73. The van der Waals surface area contributed by atoms with E-state index in [0.29, 0.717) is 16.7 Å². The van der Waals surface area contributed by atoms with Gasteiger partial charge in [-0.1, -0.05) is 12.1 Å². The quantitative estimate of drug-likeness (QED) is 0.399. The summed E-state index contributed by atoms with van der Waals surface area (Å²) < 4.78 is 48.9. The highest BCUT2D eigenvalue weighted by molar-refractivity contribution is 6.23. The average molecular weight is 537 g/mol. The van der Waals surface area contributed by atoms with Crippen LogP contribution in [0.2, 0.25) is 0 Å². The largest absolute Gasteiger partial charge is 0.489 e. The number of nitrogens with one attached hydrogen (secondary N) is 1. The highest BCUT2D eigenvalue weighted by atomic mass is 19.4. The molecule has 3 aromatic rings. The van der Waals surface area contributed by atoms with E-state index in [9.17, 15) is 27.6 Å². The number of pyridine rings is 1. The Kier molecular flexibility index (Phi) is 7.66. The van der Waals surface area contributed by atoms with Gasteiger partial charge >= 0.3 is 6.18 Å². The highest BCUT2D eigenvalue weighted by Gasteiger charge is 2.35. The number of carbonyl (C=O) groups is 3. The van der Waals surface area contributed by atoms with Crippen LogP contribution in [0.4, 0.5) is 18.9 Å². The molecule has 0 spiro atoms. The van der Waals surface area contributed by atoms with Gasteiger partial charge < -0.3 is 14.8 Å². The van der Waals surface area contributed by atoms with Gasteiger partial charge in [0.1, 0.15) is 0 Å². The van der Waals surface area contributed by atoms with Gasteiger partial charge in [0.15, 0.2) is 0 Å².